The van der Waals surface area contributed by atoms with Crippen molar-refractivity contribution in [2.45, 2.75) is 31.2 Å². The summed E-state index contributed by atoms with van der Waals surface area (Å²) in [5.41, 5.74) is 1.51. The van der Waals surface area contributed by atoms with Crippen LogP contribution in [0, 0.1) is 0 Å². The maximum Gasteiger partial charge on any atom is 0.228 e. The minimum Gasteiger partial charge on any atom is -0.339 e. The fourth-order valence-electron chi connectivity index (χ4n) is 2.90. The van der Waals surface area contributed by atoms with Crippen molar-refractivity contribution < 1.29 is 9.59 Å². The Labute approximate surface area is 93.8 Å². The molecule has 82 valence electrons. The predicted octanol–water partition coefficient (Wildman–Crippen LogP) is 1.31. The molecule has 1 spiro atoms. The molecule has 1 fully saturated rings. The lowest BCUT2D eigenvalue weighted by Crippen LogP contribution is -2.45. The fourth-order valence-corrected chi connectivity index (χ4v) is 2.90. The number of carbonyl (C=O) groups excluding carboxylic acids is 2. The van der Waals surface area contributed by atoms with Gasteiger partial charge in [0, 0.05) is 0 Å². The van der Waals surface area contributed by atoms with Gasteiger partial charge in [-0.25, -0.2) is 0 Å². The lowest BCUT2D eigenvalue weighted by Gasteiger charge is -2.34. The third-order valence-corrected chi connectivity index (χ3v) is 3.62. The van der Waals surface area contributed by atoms with E-state index in [4.69, 9.17) is 0 Å². The summed E-state index contributed by atoms with van der Waals surface area (Å²) in [6.45, 7) is 0. The van der Waals surface area contributed by atoms with Gasteiger partial charge in [-0.1, -0.05) is 24.3 Å². The lowest BCUT2D eigenvalue weighted by atomic mass is 9.75. The zero-order valence-electron chi connectivity index (χ0n) is 8.95. The predicted molar refractivity (Wildman–Crippen MR) is 58.8 cm³/mol. The monoisotopic (exact) mass is 215 g/mol. The zero-order chi connectivity index (χ0) is 11.2. The number of Topliss-reactive ketones (excluding diaryl/α,β-unsaturated/α-hetero) is 1. The SMILES string of the molecule is O=C1CC(=O)C2(CCCc3ccccc32)N1. The maximum absolute atomic E-state index is 12.0. The van der Waals surface area contributed by atoms with Crippen molar-refractivity contribution in [2.75, 3.05) is 0 Å². The molecule has 3 heteroatoms. The van der Waals surface area contributed by atoms with Gasteiger partial charge in [-0.2, -0.15) is 0 Å². The van der Waals surface area contributed by atoms with Gasteiger partial charge in [0.15, 0.2) is 5.78 Å². The average Bonchev–Trinajstić information content (AvgIpc) is 2.55. The van der Waals surface area contributed by atoms with E-state index in [-0.39, 0.29) is 18.1 Å². The Hall–Kier alpha value is -1.64. The van der Waals surface area contributed by atoms with E-state index in [1.807, 2.05) is 24.3 Å². The number of hydrogen-bond donors (Lipinski definition) is 1. The van der Waals surface area contributed by atoms with Crippen LogP contribution in [0.25, 0.3) is 0 Å². The molecule has 16 heavy (non-hydrogen) atoms. The van der Waals surface area contributed by atoms with Crippen LogP contribution in [0.4, 0.5) is 0 Å². The topological polar surface area (TPSA) is 46.2 Å². The van der Waals surface area contributed by atoms with Gasteiger partial charge < -0.3 is 5.32 Å². The van der Waals surface area contributed by atoms with Crippen molar-refractivity contribution in [1.29, 1.82) is 0 Å². The van der Waals surface area contributed by atoms with Crippen LogP contribution in [0.3, 0.4) is 0 Å². The molecule has 1 aliphatic heterocycles. The van der Waals surface area contributed by atoms with E-state index in [9.17, 15) is 9.59 Å². The number of benzene rings is 1. The third kappa shape index (κ3) is 1.14. The van der Waals surface area contributed by atoms with Gasteiger partial charge in [0.1, 0.15) is 5.54 Å². The summed E-state index contributed by atoms with van der Waals surface area (Å²) in [6, 6.07) is 7.94. The molecule has 0 radical (unpaired) electrons. The van der Waals surface area contributed by atoms with Crippen LogP contribution in [0.5, 0.6) is 0 Å². The summed E-state index contributed by atoms with van der Waals surface area (Å²) >= 11 is 0. The van der Waals surface area contributed by atoms with Crippen LogP contribution in [-0.2, 0) is 21.5 Å². The molecule has 1 saturated heterocycles. The highest BCUT2D eigenvalue weighted by molar-refractivity contribution is 6.10. The van der Waals surface area contributed by atoms with Gasteiger partial charge in [0.05, 0.1) is 6.42 Å². The fraction of sp³-hybridized carbons (Fsp3) is 0.385. The van der Waals surface area contributed by atoms with Gasteiger partial charge in [-0.3, -0.25) is 9.59 Å². The van der Waals surface area contributed by atoms with Crippen LogP contribution in [-0.4, -0.2) is 11.7 Å². The Morgan fingerprint density at radius 2 is 2.00 bits per heavy atom. The molecule has 0 bridgehead atoms. The summed E-state index contributed by atoms with van der Waals surface area (Å²) in [5, 5.41) is 2.89. The van der Waals surface area contributed by atoms with Crippen molar-refractivity contribution in [3.05, 3.63) is 35.4 Å². The molecule has 0 aromatic heterocycles. The number of amides is 1. The molecule has 1 aromatic carbocycles. The van der Waals surface area contributed by atoms with Gasteiger partial charge in [-0.15, -0.1) is 0 Å². The second-order valence-corrected chi connectivity index (χ2v) is 4.56. The number of fused-ring (bicyclic) bond motifs is 2. The van der Waals surface area contributed by atoms with Gasteiger partial charge in [0.2, 0.25) is 5.91 Å². The largest absolute Gasteiger partial charge is 0.339 e. The molecular formula is C13H13NO2. The highest BCUT2D eigenvalue weighted by atomic mass is 16.2. The van der Waals surface area contributed by atoms with Crippen molar-refractivity contribution in [1.82, 2.24) is 5.32 Å². The molecule has 1 unspecified atom stereocenters. The molecule has 1 amide bonds. The van der Waals surface area contributed by atoms with Gasteiger partial charge in [0.25, 0.3) is 0 Å². The number of ketones is 1. The molecule has 0 saturated carbocycles. The average molecular weight is 215 g/mol. The molecule has 1 atom stereocenters. The number of aryl methyl sites for hydroxylation is 1. The van der Waals surface area contributed by atoms with Crippen LogP contribution in [0.1, 0.15) is 30.4 Å². The number of carbonyl (C=O) groups is 2. The minimum absolute atomic E-state index is 0.0321. The van der Waals surface area contributed by atoms with E-state index in [2.05, 4.69) is 5.32 Å². The standard InChI is InChI=1S/C13H13NO2/c15-11-8-12(16)14-13(11)7-3-5-9-4-1-2-6-10(9)13/h1-2,4,6H,3,5,7-8H2,(H,14,16). The highest BCUT2D eigenvalue weighted by Crippen LogP contribution is 2.39. The molecule has 3 rings (SSSR count). The number of nitrogens with one attached hydrogen (secondary N) is 1. The second-order valence-electron chi connectivity index (χ2n) is 4.56. The molecule has 1 aliphatic carbocycles. The normalized spacial score (nSPS) is 28.0. The molecule has 1 N–H and O–H groups in total. The first-order valence-corrected chi connectivity index (χ1v) is 5.65. The molecule has 3 nitrogen and oxygen atoms in total. The lowest BCUT2D eigenvalue weighted by molar-refractivity contribution is -0.123. The number of rotatable bonds is 0. The number of hydrogen-bond acceptors (Lipinski definition) is 2. The Morgan fingerprint density at radius 3 is 2.75 bits per heavy atom. The van der Waals surface area contributed by atoms with E-state index in [0.717, 1.165) is 24.8 Å². The van der Waals surface area contributed by atoms with Gasteiger partial charge >= 0.3 is 0 Å². The van der Waals surface area contributed by atoms with Crippen molar-refractivity contribution in [3.63, 3.8) is 0 Å². The van der Waals surface area contributed by atoms with E-state index < -0.39 is 5.54 Å². The Bertz CT molecular complexity index is 481. The van der Waals surface area contributed by atoms with Crippen molar-refractivity contribution in [3.8, 4) is 0 Å². The van der Waals surface area contributed by atoms with Gasteiger partial charge in [-0.05, 0) is 30.4 Å². The summed E-state index contributed by atoms with van der Waals surface area (Å²) in [5.74, 6) is -0.105. The first-order chi connectivity index (χ1) is 7.72. The molecule has 2 aliphatic rings. The summed E-state index contributed by atoms with van der Waals surface area (Å²) < 4.78 is 0. The van der Waals surface area contributed by atoms with E-state index in [1.165, 1.54) is 5.56 Å². The van der Waals surface area contributed by atoms with E-state index >= 15 is 0 Å². The Kier molecular flexibility index (Phi) is 1.90. The first-order valence-electron chi connectivity index (χ1n) is 5.65. The second kappa shape index (κ2) is 3.17. The third-order valence-electron chi connectivity index (χ3n) is 3.62. The quantitative estimate of drug-likeness (QED) is 0.663. The van der Waals surface area contributed by atoms with Crippen LogP contribution in [0.2, 0.25) is 0 Å². The summed E-state index contributed by atoms with van der Waals surface area (Å²) in [4.78, 5) is 23.4. The summed E-state index contributed by atoms with van der Waals surface area (Å²) in [7, 11) is 0. The molecular weight excluding hydrogens is 202 g/mol. The van der Waals surface area contributed by atoms with E-state index in [1.54, 1.807) is 0 Å². The van der Waals surface area contributed by atoms with Crippen LogP contribution < -0.4 is 5.32 Å². The zero-order valence-corrected chi connectivity index (χ0v) is 8.95. The first kappa shape index (κ1) is 9.58. The molecule has 1 aromatic rings. The van der Waals surface area contributed by atoms with Crippen LogP contribution in [0.15, 0.2) is 24.3 Å². The smallest absolute Gasteiger partial charge is 0.228 e. The van der Waals surface area contributed by atoms with Crippen molar-refractivity contribution >= 4 is 11.7 Å². The molecule has 1 heterocycles. The van der Waals surface area contributed by atoms with E-state index in [0.29, 0.717) is 0 Å². The van der Waals surface area contributed by atoms with Crippen LogP contribution >= 0.6 is 0 Å². The minimum atomic E-state index is -0.702. The Morgan fingerprint density at radius 1 is 1.19 bits per heavy atom. The van der Waals surface area contributed by atoms with Crippen molar-refractivity contribution in [2.24, 2.45) is 0 Å². The maximum atomic E-state index is 12.0. The summed E-state index contributed by atoms with van der Waals surface area (Å²) in [6.07, 6.45) is 2.74. The highest BCUT2D eigenvalue weighted by Gasteiger charge is 2.48. The Balaban J connectivity index is 2.17.